The van der Waals surface area contributed by atoms with Crippen molar-refractivity contribution in [3.8, 4) is 11.3 Å². The Morgan fingerprint density at radius 3 is 2.70 bits per heavy atom. The Morgan fingerprint density at radius 1 is 1.27 bits per heavy atom. The summed E-state index contributed by atoms with van der Waals surface area (Å²) in [6.07, 6.45) is 0.671. The zero-order valence-corrected chi connectivity index (χ0v) is 17.9. The number of rotatable bonds is 10. The van der Waals surface area contributed by atoms with E-state index in [4.69, 9.17) is 4.74 Å². The Labute approximate surface area is 180 Å². The zero-order chi connectivity index (χ0) is 21.3. The Morgan fingerprint density at radius 2 is 2.00 bits per heavy atom. The van der Waals surface area contributed by atoms with Crippen molar-refractivity contribution in [2.45, 2.75) is 25.8 Å². The normalized spacial score (nSPS) is 15.6. The van der Waals surface area contributed by atoms with E-state index in [1.54, 1.807) is 0 Å². The Kier molecular flexibility index (Phi) is 8.32. The molecule has 8 nitrogen and oxygen atoms in total. The minimum atomic E-state index is -1.03. The van der Waals surface area contributed by atoms with E-state index in [0.717, 1.165) is 50.5 Å². The van der Waals surface area contributed by atoms with E-state index in [1.807, 2.05) is 36.6 Å². The van der Waals surface area contributed by atoms with E-state index in [0.29, 0.717) is 11.7 Å². The number of ether oxygens (including phenoxy) is 1. The molecule has 0 spiro atoms. The summed E-state index contributed by atoms with van der Waals surface area (Å²) in [5, 5.41) is 17.5. The summed E-state index contributed by atoms with van der Waals surface area (Å²) in [5.41, 5.74) is 2.92. The molecular weight excluding hydrogens is 404 g/mol. The number of carbonyl (C=O) groups is 2. The van der Waals surface area contributed by atoms with E-state index < -0.39 is 12.0 Å². The molecule has 2 heterocycles. The summed E-state index contributed by atoms with van der Waals surface area (Å²) >= 11 is 1.32. The first-order chi connectivity index (χ1) is 14.5. The number of aliphatic carboxylic acids is 1. The van der Waals surface area contributed by atoms with Crippen LogP contribution in [0.3, 0.4) is 0 Å². The van der Waals surface area contributed by atoms with Crippen LogP contribution in [0.25, 0.3) is 11.3 Å². The number of hydrogen-bond acceptors (Lipinski definition) is 7. The number of carboxylic acid groups (broad SMARTS) is 1. The third-order valence-corrected chi connectivity index (χ3v) is 5.69. The Hall–Kier alpha value is -2.33. The van der Waals surface area contributed by atoms with Gasteiger partial charge in [-0.15, -0.1) is 11.3 Å². The van der Waals surface area contributed by atoms with Crippen LogP contribution >= 0.6 is 11.3 Å². The topological polar surface area (TPSA) is 104 Å². The molecule has 0 aliphatic carbocycles. The number of aromatic nitrogens is 1. The van der Waals surface area contributed by atoms with Gasteiger partial charge in [0, 0.05) is 24.0 Å². The number of morpholine rings is 1. The molecule has 1 unspecified atom stereocenters. The number of carboxylic acids is 1. The SMILES string of the molecule is Cc1ccc(-c2csc(NC(=O)CC(NCCCN3CCOCC3)C(=O)O)n2)cc1. The Bertz CT molecular complexity index is 834. The van der Waals surface area contributed by atoms with E-state index in [2.05, 4.69) is 20.5 Å². The molecule has 1 aromatic carbocycles. The van der Waals surface area contributed by atoms with Crippen LogP contribution in [0.4, 0.5) is 5.13 Å². The van der Waals surface area contributed by atoms with Gasteiger partial charge < -0.3 is 20.5 Å². The highest BCUT2D eigenvalue weighted by molar-refractivity contribution is 7.14. The third-order valence-electron chi connectivity index (χ3n) is 4.93. The number of aryl methyl sites for hydroxylation is 1. The summed E-state index contributed by atoms with van der Waals surface area (Å²) in [4.78, 5) is 30.6. The molecule has 3 N–H and O–H groups in total. The van der Waals surface area contributed by atoms with Gasteiger partial charge in [0.25, 0.3) is 0 Å². The lowest BCUT2D eigenvalue weighted by Crippen LogP contribution is -2.42. The molecule has 1 aliphatic heterocycles. The molecule has 0 radical (unpaired) electrons. The van der Waals surface area contributed by atoms with Gasteiger partial charge in [0.1, 0.15) is 6.04 Å². The zero-order valence-electron chi connectivity index (χ0n) is 17.1. The van der Waals surface area contributed by atoms with Gasteiger partial charge >= 0.3 is 5.97 Å². The second kappa shape index (κ2) is 11.2. The largest absolute Gasteiger partial charge is 0.480 e. The van der Waals surface area contributed by atoms with Crippen molar-refractivity contribution < 1.29 is 19.4 Å². The molecule has 162 valence electrons. The number of benzene rings is 1. The summed E-state index contributed by atoms with van der Waals surface area (Å²) in [7, 11) is 0. The fraction of sp³-hybridized carbons (Fsp3) is 0.476. The molecule has 2 aromatic rings. The molecule has 0 bridgehead atoms. The number of nitrogens with one attached hydrogen (secondary N) is 2. The van der Waals surface area contributed by atoms with Crippen molar-refractivity contribution >= 4 is 28.3 Å². The van der Waals surface area contributed by atoms with Crippen LogP contribution in [0.15, 0.2) is 29.6 Å². The van der Waals surface area contributed by atoms with Gasteiger partial charge in [-0.05, 0) is 26.4 Å². The highest BCUT2D eigenvalue weighted by Crippen LogP contribution is 2.25. The molecule has 1 fully saturated rings. The molecule has 1 aromatic heterocycles. The molecule has 0 saturated carbocycles. The van der Waals surface area contributed by atoms with Crippen LogP contribution in [0.5, 0.6) is 0 Å². The average molecular weight is 433 g/mol. The molecule has 1 amide bonds. The quantitative estimate of drug-likeness (QED) is 0.495. The van der Waals surface area contributed by atoms with E-state index in [9.17, 15) is 14.7 Å². The van der Waals surface area contributed by atoms with Gasteiger partial charge in [-0.25, -0.2) is 4.98 Å². The van der Waals surface area contributed by atoms with Crippen LogP contribution in [0.2, 0.25) is 0 Å². The fourth-order valence-corrected chi connectivity index (χ4v) is 3.93. The van der Waals surface area contributed by atoms with E-state index in [1.165, 1.54) is 16.9 Å². The Balaban J connectivity index is 1.44. The van der Waals surface area contributed by atoms with Crippen molar-refractivity contribution in [3.05, 3.63) is 35.2 Å². The fourth-order valence-electron chi connectivity index (χ4n) is 3.19. The number of hydrogen-bond donors (Lipinski definition) is 3. The van der Waals surface area contributed by atoms with Gasteiger partial charge in [-0.2, -0.15) is 0 Å². The van der Waals surface area contributed by atoms with Crippen molar-refractivity contribution in [2.75, 3.05) is 44.7 Å². The molecule has 3 rings (SSSR count). The van der Waals surface area contributed by atoms with Gasteiger partial charge in [0.05, 0.1) is 25.3 Å². The first-order valence-electron chi connectivity index (χ1n) is 10.1. The maximum Gasteiger partial charge on any atom is 0.321 e. The molecule has 1 aliphatic rings. The van der Waals surface area contributed by atoms with Gasteiger partial charge in [-0.1, -0.05) is 29.8 Å². The summed E-state index contributed by atoms with van der Waals surface area (Å²) in [6.45, 7) is 6.74. The van der Waals surface area contributed by atoms with Gasteiger partial charge in [0.2, 0.25) is 5.91 Å². The molecular formula is C21H28N4O4S. The lowest BCUT2D eigenvalue weighted by Gasteiger charge is -2.26. The predicted molar refractivity (Wildman–Crippen MR) is 117 cm³/mol. The maximum atomic E-state index is 12.3. The lowest BCUT2D eigenvalue weighted by atomic mass is 10.1. The van der Waals surface area contributed by atoms with Crippen molar-refractivity contribution in [2.24, 2.45) is 0 Å². The number of thiazole rings is 1. The summed E-state index contributed by atoms with van der Waals surface area (Å²) in [6, 6.07) is 7.06. The van der Waals surface area contributed by atoms with Crippen molar-refractivity contribution in [3.63, 3.8) is 0 Å². The highest BCUT2D eigenvalue weighted by atomic mass is 32.1. The van der Waals surface area contributed by atoms with Crippen LogP contribution in [0.1, 0.15) is 18.4 Å². The standard InChI is InChI=1S/C21H28N4O4S/c1-15-3-5-16(6-4-15)18-14-30-21(23-18)24-19(26)13-17(20(27)28)22-7-2-8-25-9-11-29-12-10-25/h3-6,14,17,22H,2,7-13H2,1H3,(H,27,28)(H,23,24,26). The van der Waals surface area contributed by atoms with Crippen LogP contribution < -0.4 is 10.6 Å². The minimum absolute atomic E-state index is 0.146. The van der Waals surface area contributed by atoms with Crippen molar-refractivity contribution in [1.82, 2.24) is 15.2 Å². The second-order valence-electron chi connectivity index (χ2n) is 7.31. The number of nitrogens with zero attached hydrogens (tertiary/aromatic N) is 2. The number of carbonyl (C=O) groups excluding carboxylic acids is 1. The number of amides is 1. The van der Waals surface area contributed by atoms with Crippen molar-refractivity contribution in [1.29, 1.82) is 0 Å². The van der Waals surface area contributed by atoms with Crippen LogP contribution in [-0.2, 0) is 14.3 Å². The van der Waals surface area contributed by atoms with Crippen LogP contribution in [0, 0.1) is 6.92 Å². The molecule has 9 heteroatoms. The molecule has 1 saturated heterocycles. The van der Waals surface area contributed by atoms with E-state index >= 15 is 0 Å². The highest BCUT2D eigenvalue weighted by Gasteiger charge is 2.21. The predicted octanol–water partition coefficient (Wildman–Crippen LogP) is 2.21. The van der Waals surface area contributed by atoms with Gasteiger partial charge in [0.15, 0.2) is 5.13 Å². The first-order valence-corrected chi connectivity index (χ1v) is 11.0. The average Bonchev–Trinajstić information content (AvgIpc) is 3.19. The summed E-state index contributed by atoms with van der Waals surface area (Å²) in [5.74, 6) is -1.40. The third kappa shape index (κ3) is 6.88. The van der Waals surface area contributed by atoms with Gasteiger partial charge in [-0.3, -0.25) is 14.5 Å². The first kappa shape index (κ1) is 22.4. The van der Waals surface area contributed by atoms with E-state index in [-0.39, 0.29) is 12.3 Å². The smallest absolute Gasteiger partial charge is 0.321 e. The maximum absolute atomic E-state index is 12.3. The summed E-state index contributed by atoms with van der Waals surface area (Å²) < 4.78 is 5.32. The monoisotopic (exact) mass is 432 g/mol. The molecule has 30 heavy (non-hydrogen) atoms. The molecule has 1 atom stereocenters. The van der Waals surface area contributed by atoms with Crippen LogP contribution in [-0.4, -0.2) is 72.3 Å². The lowest BCUT2D eigenvalue weighted by molar-refractivity contribution is -0.141. The minimum Gasteiger partial charge on any atom is -0.480 e. The number of anilines is 1. The second-order valence-corrected chi connectivity index (χ2v) is 8.17.